The highest BCUT2D eigenvalue weighted by atomic mass is 32.2. The fourth-order valence-electron chi connectivity index (χ4n) is 1.15. The molecular weight excluding hydrogens is 276 g/mol. The molecule has 18 heavy (non-hydrogen) atoms. The maximum absolute atomic E-state index is 11.7. The second-order valence-electron chi connectivity index (χ2n) is 3.75. The minimum Gasteiger partial charge on any atom is -0.469 e. The molecule has 0 bridgehead atoms. The van der Waals surface area contributed by atoms with Gasteiger partial charge in [-0.1, -0.05) is 0 Å². The summed E-state index contributed by atoms with van der Waals surface area (Å²) in [4.78, 5) is 10.9. The standard InChI is InChI=1S/C10H22N2O4S2/c1-12(8-6-10(13)16-2)18(14,15)11-7-4-5-9-17-3/h11H,4-9H2,1-3H3. The fourth-order valence-corrected chi connectivity index (χ4v) is 2.60. The van der Waals surface area contributed by atoms with Gasteiger partial charge in [0.05, 0.1) is 13.5 Å². The fraction of sp³-hybridized carbons (Fsp3) is 0.900. The van der Waals surface area contributed by atoms with Crippen LogP contribution >= 0.6 is 11.8 Å². The van der Waals surface area contributed by atoms with Gasteiger partial charge in [-0.15, -0.1) is 0 Å². The van der Waals surface area contributed by atoms with E-state index in [0.717, 1.165) is 22.9 Å². The third kappa shape index (κ3) is 7.91. The lowest BCUT2D eigenvalue weighted by molar-refractivity contribution is -0.140. The molecule has 0 aromatic heterocycles. The van der Waals surface area contributed by atoms with E-state index in [1.807, 2.05) is 6.26 Å². The van der Waals surface area contributed by atoms with Crippen LogP contribution < -0.4 is 4.72 Å². The summed E-state index contributed by atoms with van der Waals surface area (Å²) in [5.41, 5.74) is 0. The first-order chi connectivity index (χ1) is 8.44. The second kappa shape index (κ2) is 9.60. The second-order valence-corrected chi connectivity index (χ2v) is 6.59. The number of carbonyl (C=O) groups is 1. The van der Waals surface area contributed by atoms with Crippen molar-refractivity contribution < 1.29 is 17.9 Å². The molecule has 0 unspecified atom stereocenters. The molecule has 0 fully saturated rings. The van der Waals surface area contributed by atoms with Gasteiger partial charge in [-0.3, -0.25) is 4.79 Å². The molecule has 0 aliphatic carbocycles. The molecule has 0 atom stereocenters. The number of thioether (sulfide) groups is 1. The topological polar surface area (TPSA) is 75.7 Å². The molecule has 0 spiro atoms. The molecule has 0 aromatic carbocycles. The van der Waals surface area contributed by atoms with Crippen LogP contribution in [0.3, 0.4) is 0 Å². The van der Waals surface area contributed by atoms with E-state index in [4.69, 9.17) is 0 Å². The molecular formula is C10H22N2O4S2. The quantitative estimate of drug-likeness (QED) is 0.468. The van der Waals surface area contributed by atoms with Gasteiger partial charge in [0, 0.05) is 20.1 Å². The maximum Gasteiger partial charge on any atom is 0.306 e. The minimum atomic E-state index is -3.48. The Kier molecular flexibility index (Phi) is 9.43. The zero-order valence-electron chi connectivity index (χ0n) is 11.1. The highest BCUT2D eigenvalue weighted by Gasteiger charge is 2.17. The Morgan fingerprint density at radius 3 is 2.61 bits per heavy atom. The van der Waals surface area contributed by atoms with Crippen molar-refractivity contribution in [2.45, 2.75) is 19.3 Å². The van der Waals surface area contributed by atoms with Crippen LogP contribution in [0.4, 0.5) is 0 Å². The molecule has 8 heteroatoms. The highest BCUT2D eigenvalue weighted by molar-refractivity contribution is 7.98. The summed E-state index contributed by atoms with van der Waals surface area (Å²) < 4.78 is 31.5. The third-order valence-corrected chi connectivity index (χ3v) is 4.60. The maximum atomic E-state index is 11.7. The number of nitrogens with one attached hydrogen (secondary N) is 1. The van der Waals surface area contributed by atoms with Gasteiger partial charge in [-0.2, -0.15) is 24.5 Å². The summed E-state index contributed by atoms with van der Waals surface area (Å²) in [6.45, 7) is 0.540. The van der Waals surface area contributed by atoms with Crippen LogP contribution in [0.1, 0.15) is 19.3 Å². The first-order valence-corrected chi connectivity index (χ1v) is 8.54. The molecule has 0 saturated heterocycles. The molecule has 0 aromatic rings. The molecule has 0 heterocycles. The lowest BCUT2D eigenvalue weighted by Crippen LogP contribution is -2.39. The number of unbranched alkanes of at least 4 members (excludes halogenated alkanes) is 1. The molecule has 6 nitrogen and oxygen atoms in total. The summed E-state index contributed by atoms with van der Waals surface area (Å²) in [5, 5.41) is 0. The normalized spacial score (nSPS) is 11.8. The SMILES string of the molecule is COC(=O)CCN(C)S(=O)(=O)NCCCCSC. The number of methoxy groups -OCH3 is 1. The van der Waals surface area contributed by atoms with Crippen molar-refractivity contribution in [3.8, 4) is 0 Å². The molecule has 0 rings (SSSR count). The molecule has 0 saturated carbocycles. The van der Waals surface area contributed by atoms with Crippen LogP contribution in [-0.2, 0) is 19.7 Å². The van der Waals surface area contributed by atoms with E-state index in [1.165, 1.54) is 14.2 Å². The average molecular weight is 298 g/mol. The van der Waals surface area contributed by atoms with Gasteiger partial charge in [-0.25, -0.2) is 4.72 Å². The number of ether oxygens (including phenoxy) is 1. The molecule has 0 amide bonds. The van der Waals surface area contributed by atoms with E-state index in [9.17, 15) is 13.2 Å². The third-order valence-electron chi connectivity index (χ3n) is 2.33. The van der Waals surface area contributed by atoms with Crippen LogP contribution in [0.15, 0.2) is 0 Å². The van der Waals surface area contributed by atoms with E-state index in [1.54, 1.807) is 11.8 Å². The van der Waals surface area contributed by atoms with Crippen LogP contribution in [0.2, 0.25) is 0 Å². The number of rotatable bonds is 10. The van der Waals surface area contributed by atoms with Crippen molar-refractivity contribution in [3.63, 3.8) is 0 Å². The number of carbonyl (C=O) groups excluding carboxylic acids is 1. The van der Waals surface area contributed by atoms with Crippen molar-refractivity contribution in [3.05, 3.63) is 0 Å². The largest absolute Gasteiger partial charge is 0.469 e. The smallest absolute Gasteiger partial charge is 0.306 e. The van der Waals surface area contributed by atoms with Gasteiger partial charge in [0.2, 0.25) is 0 Å². The summed E-state index contributed by atoms with van der Waals surface area (Å²) in [7, 11) is -0.766. The van der Waals surface area contributed by atoms with Crippen LogP contribution in [-0.4, -0.2) is 57.9 Å². The molecule has 0 aliphatic rings. The highest BCUT2D eigenvalue weighted by Crippen LogP contribution is 2.00. The zero-order chi connectivity index (χ0) is 14.0. The Hall–Kier alpha value is -0.310. The van der Waals surface area contributed by atoms with E-state index in [-0.39, 0.29) is 13.0 Å². The minimum absolute atomic E-state index is 0.0559. The predicted molar refractivity (Wildman–Crippen MR) is 73.8 cm³/mol. The van der Waals surface area contributed by atoms with Gasteiger partial charge in [0.15, 0.2) is 0 Å². The van der Waals surface area contributed by atoms with Crippen LogP contribution in [0, 0.1) is 0 Å². The van der Waals surface area contributed by atoms with Crippen molar-refractivity contribution in [1.82, 2.24) is 9.03 Å². The number of esters is 1. The number of nitrogens with zero attached hydrogens (tertiary/aromatic N) is 1. The van der Waals surface area contributed by atoms with Crippen molar-refractivity contribution in [1.29, 1.82) is 0 Å². The van der Waals surface area contributed by atoms with E-state index in [2.05, 4.69) is 9.46 Å². The molecule has 1 N–H and O–H groups in total. The first kappa shape index (κ1) is 17.7. The Morgan fingerprint density at radius 2 is 2.06 bits per heavy atom. The summed E-state index contributed by atoms with van der Waals surface area (Å²) in [5.74, 6) is 0.608. The van der Waals surface area contributed by atoms with Gasteiger partial charge in [0.25, 0.3) is 10.2 Å². The summed E-state index contributed by atoms with van der Waals surface area (Å²) in [6, 6.07) is 0. The molecule has 0 radical (unpaired) electrons. The number of hydrogen-bond acceptors (Lipinski definition) is 5. The Labute approximate surface area is 114 Å². The number of hydrogen-bond donors (Lipinski definition) is 1. The van der Waals surface area contributed by atoms with Gasteiger partial charge in [0.1, 0.15) is 0 Å². The van der Waals surface area contributed by atoms with Gasteiger partial charge in [-0.05, 0) is 24.9 Å². The van der Waals surface area contributed by atoms with Gasteiger partial charge >= 0.3 is 5.97 Å². The molecule has 0 aliphatic heterocycles. The summed E-state index contributed by atoms with van der Waals surface area (Å²) >= 11 is 1.74. The van der Waals surface area contributed by atoms with Crippen LogP contribution in [0.25, 0.3) is 0 Å². The lowest BCUT2D eigenvalue weighted by Gasteiger charge is -2.16. The first-order valence-electron chi connectivity index (χ1n) is 5.70. The van der Waals surface area contributed by atoms with E-state index in [0.29, 0.717) is 6.54 Å². The zero-order valence-corrected chi connectivity index (χ0v) is 12.8. The molecule has 108 valence electrons. The van der Waals surface area contributed by atoms with Crippen LogP contribution in [0.5, 0.6) is 0 Å². The van der Waals surface area contributed by atoms with Crippen molar-refractivity contribution in [2.75, 3.05) is 39.3 Å². The average Bonchev–Trinajstić information content (AvgIpc) is 2.34. The van der Waals surface area contributed by atoms with Gasteiger partial charge < -0.3 is 4.74 Å². The predicted octanol–water partition coefficient (Wildman–Crippen LogP) is 0.459. The van der Waals surface area contributed by atoms with E-state index < -0.39 is 16.2 Å². The van der Waals surface area contributed by atoms with Crippen molar-refractivity contribution in [2.24, 2.45) is 0 Å². The lowest BCUT2D eigenvalue weighted by atomic mass is 10.3. The van der Waals surface area contributed by atoms with E-state index >= 15 is 0 Å². The monoisotopic (exact) mass is 298 g/mol. The Bertz CT molecular complexity index is 333. The summed E-state index contributed by atoms with van der Waals surface area (Å²) in [6.07, 6.45) is 3.87. The Balaban J connectivity index is 3.92. The van der Waals surface area contributed by atoms with Crippen molar-refractivity contribution >= 4 is 27.9 Å². The Morgan fingerprint density at radius 1 is 1.39 bits per heavy atom.